The minimum absolute atomic E-state index is 0.0316. The van der Waals surface area contributed by atoms with Gasteiger partial charge in [0.2, 0.25) is 0 Å². The smallest absolute Gasteiger partial charge is 0.418 e. The summed E-state index contributed by atoms with van der Waals surface area (Å²) in [5.41, 5.74) is -1.31. The van der Waals surface area contributed by atoms with Crippen LogP contribution in [0.3, 0.4) is 0 Å². The molecule has 1 aromatic carbocycles. The van der Waals surface area contributed by atoms with Crippen LogP contribution in [-0.4, -0.2) is 68.6 Å². The van der Waals surface area contributed by atoms with Gasteiger partial charge in [-0.05, 0) is 24.3 Å². The molecule has 1 aliphatic rings. The van der Waals surface area contributed by atoms with Crippen LogP contribution in [0, 0.1) is 0 Å². The highest BCUT2D eigenvalue weighted by Gasteiger charge is 2.38. The van der Waals surface area contributed by atoms with E-state index in [1.54, 1.807) is 0 Å². The molecule has 1 fully saturated rings. The van der Waals surface area contributed by atoms with Gasteiger partial charge in [0.1, 0.15) is 11.4 Å². The molecule has 172 valence electrons. The Hall–Kier alpha value is -3.19. The second-order valence-electron chi connectivity index (χ2n) is 6.75. The van der Waals surface area contributed by atoms with Crippen molar-refractivity contribution in [2.24, 2.45) is 0 Å². The molecular weight excluding hydrogens is 453 g/mol. The summed E-state index contributed by atoms with van der Waals surface area (Å²) in [5, 5.41) is 0. The van der Waals surface area contributed by atoms with E-state index in [1.165, 1.54) is 35.1 Å². The topological polar surface area (TPSA) is 112 Å². The van der Waals surface area contributed by atoms with E-state index < -0.39 is 40.5 Å². The summed E-state index contributed by atoms with van der Waals surface area (Å²) >= 11 is -2.29. The molecule has 0 spiro atoms. The summed E-state index contributed by atoms with van der Waals surface area (Å²) in [4.78, 5) is 31.8. The molecule has 1 atom stereocenters. The van der Waals surface area contributed by atoms with Crippen LogP contribution in [0.15, 0.2) is 36.5 Å². The molecular formula is C19H19F3N4O5S. The number of hydrogen-bond donors (Lipinski definition) is 2. The number of alkyl halides is 3. The van der Waals surface area contributed by atoms with Crippen molar-refractivity contribution >= 4 is 28.8 Å². The number of pyridine rings is 1. The molecule has 0 aliphatic carbocycles. The maximum atomic E-state index is 13.2. The maximum Gasteiger partial charge on any atom is 0.418 e. The Morgan fingerprint density at radius 1 is 1.12 bits per heavy atom. The zero-order valence-electron chi connectivity index (χ0n) is 16.8. The zero-order chi connectivity index (χ0) is 23.5. The number of nitrogens with zero attached hydrogens (tertiary/aromatic N) is 3. The second-order valence-corrected chi connectivity index (χ2v) is 7.45. The Labute approximate surface area is 183 Å². The molecule has 1 unspecified atom stereocenters. The van der Waals surface area contributed by atoms with E-state index in [4.69, 9.17) is 9.29 Å². The Morgan fingerprint density at radius 3 is 2.31 bits per heavy atom. The molecule has 2 N–H and O–H groups in total. The van der Waals surface area contributed by atoms with Crippen LogP contribution in [-0.2, 0) is 17.4 Å². The van der Waals surface area contributed by atoms with Crippen LogP contribution >= 0.6 is 0 Å². The van der Waals surface area contributed by atoms with Crippen molar-refractivity contribution in [3.05, 3.63) is 53.3 Å². The van der Waals surface area contributed by atoms with E-state index in [1.807, 2.05) is 0 Å². The molecule has 1 saturated heterocycles. The number of hydrogen-bond acceptors (Lipinski definition) is 5. The number of benzene rings is 1. The molecule has 13 heteroatoms. The van der Waals surface area contributed by atoms with Gasteiger partial charge in [-0.1, -0.05) is 0 Å². The lowest BCUT2D eigenvalue weighted by molar-refractivity contribution is -0.138. The van der Waals surface area contributed by atoms with Crippen LogP contribution in [0.4, 0.5) is 18.9 Å². The standard InChI is InChI=1S/C19H19F3N4O5S/c1-31-15-11-12(24-32(29)30)4-5-13(15)17(27)25-7-9-26(10-8-25)18(28)16-14(19(20,21)22)3-2-6-23-16/h2-6,11,24H,7-10H2,1H3,(H,29,30). The van der Waals surface area contributed by atoms with Crippen LogP contribution in [0.25, 0.3) is 0 Å². The van der Waals surface area contributed by atoms with Crippen molar-refractivity contribution in [2.45, 2.75) is 6.18 Å². The molecule has 0 bridgehead atoms. The third-order valence-electron chi connectivity index (χ3n) is 4.81. The molecule has 2 aromatic rings. The van der Waals surface area contributed by atoms with Crippen molar-refractivity contribution in [3.63, 3.8) is 0 Å². The van der Waals surface area contributed by atoms with Crippen molar-refractivity contribution in [1.82, 2.24) is 14.8 Å². The van der Waals surface area contributed by atoms with Crippen molar-refractivity contribution < 1.29 is 36.3 Å². The van der Waals surface area contributed by atoms with Gasteiger partial charge in [0.25, 0.3) is 23.1 Å². The van der Waals surface area contributed by atoms with E-state index >= 15 is 0 Å². The molecule has 1 aliphatic heterocycles. The average Bonchev–Trinajstić information content (AvgIpc) is 2.77. The lowest BCUT2D eigenvalue weighted by atomic mass is 10.1. The Morgan fingerprint density at radius 2 is 1.75 bits per heavy atom. The number of amides is 2. The fraction of sp³-hybridized carbons (Fsp3) is 0.316. The first-order valence-electron chi connectivity index (χ1n) is 9.28. The van der Waals surface area contributed by atoms with Gasteiger partial charge in [-0.2, -0.15) is 13.2 Å². The predicted molar refractivity (Wildman–Crippen MR) is 108 cm³/mol. The monoisotopic (exact) mass is 472 g/mol. The van der Waals surface area contributed by atoms with Crippen LogP contribution in [0.5, 0.6) is 5.75 Å². The number of carbonyl (C=O) groups excluding carboxylic acids is 2. The fourth-order valence-electron chi connectivity index (χ4n) is 3.27. The summed E-state index contributed by atoms with van der Waals surface area (Å²) in [6.45, 7) is 0.263. The van der Waals surface area contributed by atoms with Gasteiger partial charge in [0.05, 0.1) is 23.9 Å². The van der Waals surface area contributed by atoms with E-state index in [0.717, 1.165) is 18.3 Å². The number of carbonyl (C=O) groups is 2. The molecule has 2 amide bonds. The van der Waals surface area contributed by atoms with Gasteiger partial charge in [-0.15, -0.1) is 0 Å². The lowest BCUT2D eigenvalue weighted by Crippen LogP contribution is -2.51. The third-order valence-corrected chi connectivity index (χ3v) is 5.22. The summed E-state index contributed by atoms with van der Waals surface area (Å²) < 4.78 is 66.8. The van der Waals surface area contributed by atoms with Crippen molar-refractivity contribution in [2.75, 3.05) is 38.0 Å². The number of aromatic nitrogens is 1. The summed E-state index contributed by atoms with van der Waals surface area (Å²) in [6, 6.07) is 6.17. The summed E-state index contributed by atoms with van der Waals surface area (Å²) in [6.07, 6.45) is -3.59. The average molecular weight is 472 g/mol. The van der Waals surface area contributed by atoms with Gasteiger partial charge in [-0.25, -0.2) is 4.21 Å². The van der Waals surface area contributed by atoms with Crippen LogP contribution < -0.4 is 9.46 Å². The maximum absolute atomic E-state index is 13.2. The Balaban J connectivity index is 1.71. The number of piperazine rings is 1. The molecule has 32 heavy (non-hydrogen) atoms. The predicted octanol–water partition coefficient (Wildman–Crippen LogP) is 2.26. The van der Waals surface area contributed by atoms with Gasteiger partial charge in [-0.3, -0.25) is 23.8 Å². The van der Waals surface area contributed by atoms with Gasteiger partial charge >= 0.3 is 6.18 Å². The molecule has 1 aromatic heterocycles. The first-order valence-corrected chi connectivity index (χ1v) is 10.4. The molecule has 0 saturated carbocycles. The minimum Gasteiger partial charge on any atom is -0.496 e. The SMILES string of the molecule is COc1cc(NS(=O)O)ccc1C(=O)N1CCN(C(=O)c2ncccc2C(F)(F)F)CC1. The minimum atomic E-state index is -4.71. The van der Waals surface area contributed by atoms with Crippen molar-refractivity contribution in [1.29, 1.82) is 0 Å². The molecule has 9 nitrogen and oxygen atoms in total. The highest BCUT2D eigenvalue weighted by atomic mass is 32.2. The molecule has 0 radical (unpaired) electrons. The number of anilines is 1. The van der Waals surface area contributed by atoms with E-state index in [-0.39, 0.29) is 43.2 Å². The van der Waals surface area contributed by atoms with Crippen molar-refractivity contribution in [3.8, 4) is 5.75 Å². The molecule has 2 heterocycles. The van der Waals surface area contributed by atoms with Crippen LogP contribution in [0.1, 0.15) is 26.4 Å². The fourth-order valence-corrected chi connectivity index (χ4v) is 3.60. The first kappa shape index (κ1) is 23.5. The van der Waals surface area contributed by atoms with Gasteiger partial charge in [0, 0.05) is 38.4 Å². The normalized spacial score (nSPS) is 15.3. The zero-order valence-corrected chi connectivity index (χ0v) is 17.6. The number of ether oxygens (including phenoxy) is 1. The van der Waals surface area contributed by atoms with Crippen LogP contribution in [0.2, 0.25) is 0 Å². The number of methoxy groups -OCH3 is 1. The summed E-state index contributed by atoms with van der Waals surface area (Å²) in [7, 11) is 1.34. The number of nitrogens with one attached hydrogen (secondary N) is 1. The quantitative estimate of drug-likeness (QED) is 0.646. The van der Waals surface area contributed by atoms with Gasteiger partial charge in [0.15, 0.2) is 0 Å². The first-order chi connectivity index (χ1) is 15.1. The highest BCUT2D eigenvalue weighted by molar-refractivity contribution is 7.80. The number of halogens is 3. The lowest BCUT2D eigenvalue weighted by Gasteiger charge is -2.35. The van der Waals surface area contributed by atoms with E-state index in [0.29, 0.717) is 0 Å². The number of rotatable bonds is 5. The second kappa shape index (κ2) is 9.53. The van der Waals surface area contributed by atoms with Gasteiger partial charge < -0.3 is 14.5 Å². The largest absolute Gasteiger partial charge is 0.496 e. The molecule has 3 rings (SSSR count). The highest BCUT2D eigenvalue weighted by Crippen LogP contribution is 2.31. The Kier molecular flexibility index (Phi) is 6.99. The van der Waals surface area contributed by atoms with E-state index in [2.05, 4.69) is 9.71 Å². The third kappa shape index (κ3) is 5.16. The Bertz CT molecular complexity index is 1040. The van der Waals surface area contributed by atoms with E-state index in [9.17, 15) is 27.0 Å². The summed E-state index contributed by atoms with van der Waals surface area (Å²) in [5.74, 6) is -1.08.